The zero-order valence-electron chi connectivity index (χ0n) is 11.1. The largest absolute Gasteiger partial charge is 0.418 e. The van der Waals surface area contributed by atoms with Crippen LogP contribution in [0.4, 0.5) is 0 Å². The van der Waals surface area contributed by atoms with Gasteiger partial charge in [-0.2, -0.15) is 5.10 Å². The number of hydrogen-bond donors (Lipinski definition) is 0. The monoisotopic (exact) mass is 301 g/mol. The third kappa shape index (κ3) is 2.95. The first-order valence-electron chi connectivity index (χ1n) is 6.23. The third-order valence-electron chi connectivity index (χ3n) is 2.64. The van der Waals surface area contributed by atoms with E-state index in [1.807, 2.05) is 6.92 Å². The summed E-state index contributed by atoms with van der Waals surface area (Å²) in [4.78, 5) is 24.3. The first kappa shape index (κ1) is 13.4. The van der Waals surface area contributed by atoms with E-state index in [9.17, 15) is 4.79 Å². The molecule has 0 saturated heterocycles. The Labute approximate surface area is 124 Å². The summed E-state index contributed by atoms with van der Waals surface area (Å²) in [6.45, 7) is 2.66. The van der Waals surface area contributed by atoms with E-state index in [0.717, 1.165) is 0 Å². The summed E-state index contributed by atoms with van der Waals surface area (Å²) in [6.07, 6.45) is 7.91. The molecule has 0 fully saturated rings. The maximum Gasteiger partial charge on any atom is 0.363 e. The number of carbonyl (C=O) groups excluding carboxylic acids is 1. The van der Waals surface area contributed by atoms with Crippen LogP contribution < -0.4 is 4.74 Å². The van der Waals surface area contributed by atoms with Crippen LogP contribution in [0, 0.1) is 0 Å². The van der Waals surface area contributed by atoms with Crippen LogP contribution in [0.2, 0.25) is 0 Å². The molecule has 0 aliphatic rings. The Kier molecular flexibility index (Phi) is 3.69. The molecule has 3 aromatic rings. The Morgan fingerprint density at radius 1 is 1.38 bits per heavy atom. The summed E-state index contributed by atoms with van der Waals surface area (Å²) >= 11 is 1.32. The van der Waals surface area contributed by atoms with Crippen LogP contribution in [0.5, 0.6) is 5.75 Å². The summed E-state index contributed by atoms with van der Waals surface area (Å²) in [5, 5.41) is 6.30. The lowest BCUT2D eigenvalue weighted by molar-refractivity contribution is 0.0729. The smallest absolute Gasteiger partial charge is 0.363 e. The molecule has 0 spiro atoms. The van der Waals surface area contributed by atoms with Gasteiger partial charge in [-0.05, 0) is 6.92 Å². The van der Waals surface area contributed by atoms with Crippen LogP contribution in [0.15, 0.2) is 36.4 Å². The van der Waals surface area contributed by atoms with E-state index in [2.05, 4.69) is 20.1 Å². The van der Waals surface area contributed by atoms with E-state index in [1.54, 1.807) is 34.8 Å². The van der Waals surface area contributed by atoms with Crippen LogP contribution in [0.3, 0.4) is 0 Å². The van der Waals surface area contributed by atoms with Crippen molar-refractivity contribution in [1.29, 1.82) is 0 Å². The standard InChI is InChI=1S/C13H11N5O2S/c1-2-18-7-9(5-16-18)20-13(19)11-8-21-12(17-11)10-6-14-3-4-15-10/h3-8H,2H2,1H3. The number of aryl methyl sites for hydroxylation is 1. The van der Waals surface area contributed by atoms with Crippen LogP contribution in [0.25, 0.3) is 10.7 Å². The highest BCUT2D eigenvalue weighted by Crippen LogP contribution is 2.21. The van der Waals surface area contributed by atoms with Crippen molar-refractivity contribution in [3.8, 4) is 16.5 Å². The Morgan fingerprint density at radius 3 is 3.00 bits per heavy atom. The Bertz CT molecular complexity index is 753. The minimum absolute atomic E-state index is 0.241. The number of carbonyl (C=O) groups is 1. The molecule has 0 atom stereocenters. The SMILES string of the molecule is CCn1cc(OC(=O)c2csc(-c3cnccn3)n2)cn1. The van der Waals surface area contributed by atoms with Crippen molar-refractivity contribution < 1.29 is 9.53 Å². The fraction of sp³-hybridized carbons (Fsp3) is 0.154. The Morgan fingerprint density at radius 2 is 2.29 bits per heavy atom. The molecule has 0 unspecified atom stereocenters. The van der Waals surface area contributed by atoms with Crippen molar-refractivity contribution in [1.82, 2.24) is 24.7 Å². The quantitative estimate of drug-likeness (QED) is 0.686. The van der Waals surface area contributed by atoms with Gasteiger partial charge in [0, 0.05) is 24.3 Å². The van der Waals surface area contributed by atoms with Crippen LogP contribution in [-0.4, -0.2) is 30.7 Å². The van der Waals surface area contributed by atoms with Gasteiger partial charge >= 0.3 is 5.97 Å². The number of rotatable bonds is 4. The Balaban J connectivity index is 1.75. The second kappa shape index (κ2) is 5.80. The Hall–Kier alpha value is -2.61. The zero-order chi connectivity index (χ0) is 14.7. The van der Waals surface area contributed by atoms with Gasteiger partial charge in [-0.15, -0.1) is 11.3 Å². The normalized spacial score (nSPS) is 10.5. The fourth-order valence-electron chi connectivity index (χ4n) is 1.62. The number of aromatic nitrogens is 5. The van der Waals surface area contributed by atoms with E-state index in [1.165, 1.54) is 17.5 Å². The van der Waals surface area contributed by atoms with Gasteiger partial charge in [0.2, 0.25) is 0 Å². The molecule has 3 heterocycles. The van der Waals surface area contributed by atoms with E-state index in [4.69, 9.17) is 4.74 Å². The molecular weight excluding hydrogens is 290 g/mol. The van der Waals surface area contributed by atoms with Crippen LogP contribution in [-0.2, 0) is 6.54 Å². The molecule has 3 rings (SSSR count). The van der Waals surface area contributed by atoms with Crippen molar-refractivity contribution in [3.05, 3.63) is 42.1 Å². The van der Waals surface area contributed by atoms with Crippen molar-refractivity contribution >= 4 is 17.3 Å². The van der Waals surface area contributed by atoms with Crippen molar-refractivity contribution in [2.75, 3.05) is 0 Å². The average Bonchev–Trinajstić information content (AvgIpc) is 3.17. The molecule has 3 aromatic heterocycles. The number of ether oxygens (including phenoxy) is 1. The second-order valence-corrected chi connectivity index (χ2v) is 4.91. The van der Waals surface area contributed by atoms with E-state index >= 15 is 0 Å². The van der Waals surface area contributed by atoms with E-state index < -0.39 is 5.97 Å². The second-order valence-electron chi connectivity index (χ2n) is 4.05. The minimum atomic E-state index is -0.517. The lowest BCUT2D eigenvalue weighted by Crippen LogP contribution is -2.08. The third-order valence-corrected chi connectivity index (χ3v) is 3.50. The number of thiazole rings is 1. The predicted molar refractivity (Wildman–Crippen MR) is 76.0 cm³/mol. The van der Waals surface area contributed by atoms with Crippen LogP contribution in [0.1, 0.15) is 17.4 Å². The zero-order valence-corrected chi connectivity index (χ0v) is 11.9. The highest BCUT2D eigenvalue weighted by Gasteiger charge is 2.15. The van der Waals surface area contributed by atoms with Crippen molar-refractivity contribution in [2.45, 2.75) is 13.5 Å². The fourth-order valence-corrected chi connectivity index (χ4v) is 2.37. The van der Waals surface area contributed by atoms with Gasteiger partial charge in [0.15, 0.2) is 11.4 Å². The van der Waals surface area contributed by atoms with Crippen molar-refractivity contribution in [3.63, 3.8) is 0 Å². The molecular formula is C13H11N5O2S. The van der Waals surface area contributed by atoms with Gasteiger partial charge in [-0.1, -0.05) is 0 Å². The summed E-state index contributed by atoms with van der Waals surface area (Å²) in [5.41, 5.74) is 0.866. The topological polar surface area (TPSA) is 82.8 Å². The molecule has 0 N–H and O–H groups in total. The predicted octanol–water partition coefficient (Wildman–Crippen LogP) is 2.04. The maximum atomic E-state index is 12.0. The van der Waals surface area contributed by atoms with Gasteiger partial charge in [0.25, 0.3) is 0 Å². The van der Waals surface area contributed by atoms with Crippen LogP contribution >= 0.6 is 11.3 Å². The highest BCUT2D eigenvalue weighted by atomic mass is 32.1. The van der Waals surface area contributed by atoms with Gasteiger partial charge < -0.3 is 4.74 Å². The number of esters is 1. The van der Waals surface area contributed by atoms with E-state index in [0.29, 0.717) is 23.0 Å². The molecule has 21 heavy (non-hydrogen) atoms. The molecule has 0 radical (unpaired) electrons. The lowest BCUT2D eigenvalue weighted by Gasteiger charge is -1.97. The van der Waals surface area contributed by atoms with Gasteiger partial charge in [0.1, 0.15) is 10.7 Å². The summed E-state index contributed by atoms with van der Waals surface area (Å²) in [6, 6.07) is 0. The summed E-state index contributed by atoms with van der Waals surface area (Å²) in [5.74, 6) is -0.118. The average molecular weight is 301 g/mol. The van der Waals surface area contributed by atoms with E-state index in [-0.39, 0.29) is 5.69 Å². The molecule has 0 aliphatic carbocycles. The molecule has 0 aromatic carbocycles. The molecule has 0 bridgehead atoms. The first-order chi connectivity index (χ1) is 10.3. The van der Waals surface area contributed by atoms with Crippen molar-refractivity contribution in [2.24, 2.45) is 0 Å². The molecule has 0 amide bonds. The maximum absolute atomic E-state index is 12.0. The molecule has 0 aliphatic heterocycles. The minimum Gasteiger partial charge on any atom is -0.418 e. The summed E-state index contributed by atoms with van der Waals surface area (Å²) < 4.78 is 6.89. The lowest BCUT2D eigenvalue weighted by atomic mass is 10.4. The molecule has 8 heteroatoms. The number of hydrogen-bond acceptors (Lipinski definition) is 7. The van der Waals surface area contributed by atoms with Gasteiger partial charge in [-0.3, -0.25) is 14.6 Å². The number of nitrogens with zero attached hydrogens (tertiary/aromatic N) is 5. The molecule has 106 valence electrons. The van der Waals surface area contributed by atoms with Gasteiger partial charge in [-0.25, -0.2) is 9.78 Å². The summed E-state index contributed by atoms with van der Waals surface area (Å²) in [7, 11) is 0. The highest BCUT2D eigenvalue weighted by molar-refractivity contribution is 7.13. The first-order valence-corrected chi connectivity index (χ1v) is 7.11. The van der Waals surface area contributed by atoms with Gasteiger partial charge in [0.05, 0.1) is 18.6 Å². The molecule has 0 saturated carbocycles. The molecule has 7 nitrogen and oxygen atoms in total.